The third-order valence-electron chi connectivity index (χ3n) is 2.41. The van der Waals surface area contributed by atoms with E-state index in [1.165, 1.54) is 6.07 Å². The van der Waals surface area contributed by atoms with Gasteiger partial charge in [0.2, 0.25) is 0 Å². The lowest BCUT2D eigenvalue weighted by Gasteiger charge is -2.22. The molecular formula is C12H21N3O2S. The molecule has 0 saturated heterocycles. The number of aromatic nitrogens is 2. The molecule has 18 heavy (non-hydrogen) atoms. The Balaban J connectivity index is 2.76. The molecule has 1 atom stereocenters. The van der Waals surface area contributed by atoms with Crippen LogP contribution in [0.4, 0.5) is 5.82 Å². The summed E-state index contributed by atoms with van der Waals surface area (Å²) < 4.78 is 0. The zero-order valence-electron chi connectivity index (χ0n) is 11.3. The van der Waals surface area contributed by atoms with Crippen molar-refractivity contribution in [2.75, 3.05) is 23.9 Å². The molecule has 102 valence electrons. The fourth-order valence-corrected chi connectivity index (χ4v) is 2.21. The molecule has 1 heterocycles. The molecule has 0 aliphatic rings. The lowest BCUT2D eigenvalue weighted by atomic mass is 10.1. The first-order valence-electron chi connectivity index (χ1n) is 5.90. The summed E-state index contributed by atoms with van der Waals surface area (Å²) in [5.74, 6) is 1.93. The van der Waals surface area contributed by atoms with E-state index in [1.807, 2.05) is 20.1 Å². The van der Waals surface area contributed by atoms with Crippen molar-refractivity contribution < 1.29 is 5.11 Å². The molecule has 3 N–H and O–H groups in total. The number of hydrogen-bond acceptors (Lipinski definition) is 5. The van der Waals surface area contributed by atoms with E-state index in [0.29, 0.717) is 23.9 Å². The quantitative estimate of drug-likeness (QED) is 0.729. The van der Waals surface area contributed by atoms with E-state index in [0.717, 1.165) is 0 Å². The molecule has 0 radical (unpaired) electrons. The minimum absolute atomic E-state index is 0.158. The minimum Gasteiger partial charge on any atom is -0.387 e. The average molecular weight is 271 g/mol. The lowest BCUT2D eigenvalue weighted by Crippen LogP contribution is -2.36. The van der Waals surface area contributed by atoms with Gasteiger partial charge in [-0.2, -0.15) is 11.8 Å². The van der Waals surface area contributed by atoms with Crippen LogP contribution in [0, 0.1) is 0 Å². The van der Waals surface area contributed by atoms with Crippen LogP contribution in [0.25, 0.3) is 0 Å². The van der Waals surface area contributed by atoms with Crippen molar-refractivity contribution in [2.24, 2.45) is 0 Å². The number of H-pyrrole nitrogens is 1. The highest BCUT2D eigenvalue weighted by atomic mass is 32.2. The van der Waals surface area contributed by atoms with Gasteiger partial charge in [-0.1, -0.05) is 13.8 Å². The van der Waals surface area contributed by atoms with Gasteiger partial charge < -0.3 is 15.4 Å². The number of aromatic amines is 1. The highest BCUT2D eigenvalue weighted by Crippen LogP contribution is 2.13. The first-order chi connectivity index (χ1) is 8.34. The van der Waals surface area contributed by atoms with Gasteiger partial charge in [0.1, 0.15) is 11.6 Å². The van der Waals surface area contributed by atoms with Crippen LogP contribution >= 0.6 is 11.8 Å². The molecule has 0 amide bonds. The van der Waals surface area contributed by atoms with Crippen LogP contribution in [-0.4, -0.2) is 39.2 Å². The van der Waals surface area contributed by atoms with Crippen LogP contribution in [0.1, 0.15) is 32.5 Å². The summed E-state index contributed by atoms with van der Waals surface area (Å²) >= 11 is 1.58. The number of aliphatic hydroxyl groups is 1. The lowest BCUT2D eigenvalue weighted by molar-refractivity contribution is 0.0996. The summed E-state index contributed by atoms with van der Waals surface area (Å²) in [5, 5.41) is 13.0. The Morgan fingerprint density at radius 1 is 1.61 bits per heavy atom. The van der Waals surface area contributed by atoms with E-state index >= 15 is 0 Å². The van der Waals surface area contributed by atoms with E-state index in [1.54, 1.807) is 18.7 Å². The smallest absolute Gasteiger partial charge is 0.252 e. The molecule has 1 aromatic heterocycles. The topological polar surface area (TPSA) is 78.0 Å². The van der Waals surface area contributed by atoms with Crippen molar-refractivity contribution in [2.45, 2.75) is 32.3 Å². The summed E-state index contributed by atoms with van der Waals surface area (Å²) in [5.41, 5.74) is -0.998. The largest absolute Gasteiger partial charge is 0.387 e. The fourth-order valence-electron chi connectivity index (χ4n) is 1.48. The molecule has 1 rings (SSSR count). The minimum atomic E-state index is -0.818. The van der Waals surface area contributed by atoms with Gasteiger partial charge in [0.05, 0.1) is 5.60 Å². The normalized spacial score (nSPS) is 14.6. The number of thioether (sulfide) groups is 1. The standard InChI is InChI=1S/C12H21N3O2S/c1-8(2)11-14-9(5-10(16)15-11)13-6-12(3,17)7-18-4/h5,8,17H,6-7H2,1-4H3,(H2,13,14,15,16). The van der Waals surface area contributed by atoms with Crippen LogP contribution in [-0.2, 0) is 0 Å². The molecule has 0 spiro atoms. The van der Waals surface area contributed by atoms with Gasteiger partial charge in [-0.3, -0.25) is 4.79 Å². The number of nitrogens with one attached hydrogen (secondary N) is 2. The predicted octanol–water partition coefficient (Wildman–Crippen LogP) is 1.42. The summed E-state index contributed by atoms with van der Waals surface area (Å²) in [6.07, 6.45) is 1.94. The SMILES string of the molecule is CSCC(C)(O)CNc1cc(=O)[nH]c(C(C)C)n1. The van der Waals surface area contributed by atoms with Gasteiger partial charge in [-0.15, -0.1) is 0 Å². The molecular weight excluding hydrogens is 250 g/mol. The number of anilines is 1. The maximum absolute atomic E-state index is 11.5. The Morgan fingerprint density at radius 2 is 2.28 bits per heavy atom. The van der Waals surface area contributed by atoms with Gasteiger partial charge in [-0.25, -0.2) is 4.98 Å². The maximum Gasteiger partial charge on any atom is 0.252 e. The van der Waals surface area contributed by atoms with Crippen molar-refractivity contribution in [3.63, 3.8) is 0 Å². The zero-order chi connectivity index (χ0) is 13.8. The molecule has 5 nitrogen and oxygen atoms in total. The predicted molar refractivity (Wildman–Crippen MR) is 76.4 cm³/mol. The molecule has 0 bridgehead atoms. The Hall–Kier alpha value is -1.01. The molecule has 0 aromatic carbocycles. The second kappa shape index (κ2) is 6.24. The Morgan fingerprint density at radius 3 is 2.83 bits per heavy atom. The summed E-state index contributed by atoms with van der Waals surface area (Å²) in [6.45, 7) is 6.05. The van der Waals surface area contributed by atoms with Crippen LogP contribution < -0.4 is 10.9 Å². The van der Waals surface area contributed by atoms with Gasteiger partial charge >= 0.3 is 0 Å². The van der Waals surface area contributed by atoms with E-state index < -0.39 is 5.60 Å². The van der Waals surface area contributed by atoms with Crippen molar-refractivity contribution >= 4 is 17.6 Å². The van der Waals surface area contributed by atoms with Crippen LogP contribution in [0.5, 0.6) is 0 Å². The molecule has 0 saturated carbocycles. The van der Waals surface area contributed by atoms with Crippen LogP contribution in [0.3, 0.4) is 0 Å². The molecule has 0 aliphatic carbocycles. The van der Waals surface area contributed by atoms with Gasteiger partial charge in [-0.05, 0) is 13.2 Å². The number of rotatable bonds is 6. The second-order valence-corrected chi connectivity index (χ2v) is 5.82. The first-order valence-corrected chi connectivity index (χ1v) is 7.30. The third kappa shape index (κ3) is 4.70. The van der Waals surface area contributed by atoms with Crippen molar-refractivity contribution in [3.8, 4) is 0 Å². The van der Waals surface area contributed by atoms with E-state index in [9.17, 15) is 9.90 Å². The van der Waals surface area contributed by atoms with Crippen molar-refractivity contribution in [3.05, 3.63) is 22.2 Å². The molecule has 0 aliphatic heterocycles. The number of hydrogen-bond donors (Lipinski definition) is 3. The van der Waals surface area contributed by atoms with Crippen LogP contribution in [0.2, 0.25) is 0 Å². The fraction of sp³-hybridized carbons (Fsp3) is 0.667. The van der Waals surface area contributed by atoms with E-state index in [-0.39, 0.29) is 11.5 Å². The van der Waals surface area contributed by atoms with Gasteiger partial charge in [0, 0.05) is 24.3 Å². The van der Waals surface area contributed by atoms with E-state index in [4.69, 9.17) is 0 Å². The Kier molecular flexibility index (Phi) is 5.22. The van der Waals surface area contributed by atoms with E-state index in [2.05, 4.69) is 15.3 Å². The van der Waals surface area contributed by atoms with Crippen LogP contribution in [0.15, 0.2) is 10.9 Å². The summed E-state index contributed by atoms with van der Waals surface area (Å²) in [7, 11) is 0. The summed E-state index contributed by atoms with van der Waals surface area (Å²) in [4.78, 5) is 18.5. The monoisotopic (exact) mass is 271 g/mol. The maximum atomic E-state index is 11.5. The van der Waals surface area contributed by atoms with Gasteiger partial charge in [0.15, 0.2) is 0 Å². The van der Waals surface area contributed by atoms with Crippen molar-refractivity contribution in [1.82, 2.24) is 9.97 Å². The third-order valence-corrected chi connectivity index (χ3v) is 3.32. The second-order valence-electron chi connectivity index (χ2n) is 4.95. The summed E-state index contributed by atoms with van der Waals surface area (Å²) in [6, 6.07) is 1.40. The molecule has 0 fully saturated rings. The highest BCUT2D eigenvalue weighted by Gasteiger charge is 2.19. The molecule has 1 unspecified atom stereocenters. The Bertz CT molecular complexity index is 443. The number of nitrogens with zero attached hydrogens (tertiary/aromatic N) is 1. The highest BCUT2D eigenvalue weighted by molar-refractivity contribution is 7.98. The first kappa shape index (κ1) is 15.0. The zero-order valence-corrected chi connectivity index (χ0v) is 12.1. The Labute approximate surface area is 111 Å². The molecule has 1 aromatic rings. The molecule has 6 heteroatoms. The van der Waals surface area contributed by atoms with Crippen molar-refractivity contribution in [1.29, 1.82) is 0 Å². The van der Waals surface area contributed by atoms with Gasteiger partial charge in [0.25, 0.3) is 5.56 Å². The average Bonchev–Trinajstić information content (AvgIpc) is 2.26.